The lowest BCUT2D eigenvalue weighted by Crippen LogP contribution is -2.46. The van der Waals surface area contributed by atoms with Crippen molar-refractivity contribution in [3.8, 4) is 0 Å². The first-order valence-electron chi connectivity index (χ1n) is 10.1. The molecular weight excluding hydrogens is 390 g/mol. The van der Waals surface area contributed by atoms with Crippen LogP contribution in [0.25, 0.3) is 0 Å². The van der Waals surface area contributed by atoms with E-state index in [1.807, 2.05) is 6.07 Å². The number of carboxylic acids is 1. The molecule has 2 fully saturated rings. The second kappa shape index (κ2) is 8.40. The molecule has 0 radical (unpaired) electrons. The van der Waals surface area contributed by atoms with E-state index < -0.39 is 11.5 Å². The highest BCUT2D eigenvalue weighted by molar-refractivity contribution is 6.30. The van der Waals surface area contributed by atoms with Crippen LogP contribution < -0.4 is 11.1 Å². The molecule has 4 N–H and O–H groups in total. The van der Waals surface area contributed by atoms with E-state index in [9.17, 15) is 9.90 Å². The maximum absolute atomic E-state index is 12.2. The van der Waals surface area contributed by atoms with E-state index in [1.54, 1.807) is 30.5 Å². The number of benzene rings is 1. The van der Waals surface area contributed by atoms with Gasteiger partial charge in [-0.05, 0) is 66.5 Å². The Labute approximate surface area is 175 Å². The van der Waals surface area contributed by atoms with Crippen molar-refractivity contribution in [2.75, 3.05) is 13.2 Å². The van der Waals surface area contributed by atoms with Crippen LogP contribution in [-0.4, -0.2) is 35.3 Å². The van der Waals surface area contributed by atoms with Gasteiger partial charge in [0.1, 0.15) is 0 Å². The SMILES string of the molecule is NC(C(=O)O)(c1cccc(Cl)c1)c1cc(C2CC2)c(CNC2CCOCC2)cn1. The van der Waals surface area contributed by atoms with Gasteiger partial charge in [-0.2, -0.15) is 0 Å². The molecule has 1 saturated carbocycles. The van der Waals surface area contributed by atoms with Crippen LogP contribution in [0.2, 0.25) is 5.02 Å². The van der Waals surface area contributed by atoms with Gasteiger partial charge >= 0.3 is 5.97 Å². The lowest BCUT2D eigenvalue weighted by atomic mass is 9.85. The minimum atomic E-state index is -1.75. The largest absolute Gasteiger partial charge is 0.479 e. The van der Waals surface area contributed by atoms with Gasteiger partial charge in [0, 0.05) is 37.0 Å². The Morgan fingerprint density at radius 2 is 2.03 bits per heavy atom. The molecule has 4 rings (SSSR count). The molecule has 1 saturated heterocycles. The molecule has 2 aliphatic rings. The number of nitrogens with two attached hydrogens (primary N) is 1. The van der Waals surface area contributed by atoms with Gasteiger partial charge in [-0.1, -0.05) is 23.7 Å². The number of pyridine rings is 1. The van der Waals surface area contributed by atoms with Crippen molar-refractivity contribution < 1.29 is 14.6 Å². The van der Waals surface area contributed by atoms with Gasteiger partial charge in [-0.25, -0.2) is 4.79 Å². The topological polar surface area (TPSA) is 97.5 Å². The Bertz CT molecular complexity index is 897. The molecule has 0 amide bonds. The zero-order valence-corrected chi connectivity index (χ0v) is 17.0. The molecule has 6 nitrogen and oxygen atoms in total. The molecule has 0 bridgehead atoms. The Kier molecular flexibility index (Phi) is 5.88. The summed E-state index contributed by atoms with van der Waals surface area (Å²) in [7, 11) is 0. The fourth-order valence-corrected chi connectivity index (χ4v) is 4.10. The highest BCUT2D eigenvalue weighted by Gasteiger charge is 2.41. The third-order valence-corrected chi connectivity index (χ3v) is 6.10. The molecule has 1 atom stereocenters. The van der Waals surface area contributed by atoms with E-state index in [4.69, 9.17) is 22.1 Å². The number of halogens is 1. The summed E-state index contributed by atoms with van der Waals surface area (Å²) in [6.07, 6.45) is 6.00. The molecular formula is C22H26ClN3O3. The first kappa shape index (κ1) is 20.3. The third-order valence-electron chi connectivity index (χ3n) is 5.86. The first-order chi connectivity index (χ1) is 14.0. The summed E-state index contributed by atoms with van der Waals surface area (Å²) in [6.45, 7) is 2.29. The fraction of sp³-hybridized carbons (Fsp3) is 0.455. The van der Waals surface area contributed by atoms with Crippen LogP contribution in [0, 0.1) is 0 Å². The molecule has 154 valence electrons. The average Bonchev–Trinajstić information content (AvgIpc) is 3.57. The summed E-state index contributed by atoms with van der Waals surface area (Å²) >= 11 is 6.09. The van der Waals surface area contributed by atoms with E-state index in [1.165, 1.54) is 0 Å². The summed E-state index contributed by atoms with van der Waals surface area (Å²) in [6, 6.07) is 8.99. The zero-order chi connectivity index (χ0) is 20.4. The van der Waals surface area contributed by atoms with Crippen LogP contribution >= 0.6 is 11.6 Å². The molecule has 2 aromatic rings. The minimum absolute atomic E-state index is 0.337. The second-order valence-corrected chi connectivity index (χ2v) is 8.37. The third kappa shape index (κ3) is 4.31. The quantitative estimate of drug-likeness (QED) is 0.642. The Morgan fingerprint density at radius 1 is 1.28 bits per heavy atom. The van der Waals surface area contributed by atoms with Gasteiger partial charge < -0.3 is 20.9 Å². The number of nitrogens with zero attached hydrogens (tertiary/aromatic N) is 1. The molecule has 1 unspecified atom stereocenters. The number of carbonyl (C=O) groups is 1. The van der Waals surface area contributed by atoms with E-state index in [0.29, 0.717) is 34.8 Å². The van der Waals surface area contributed by atoms with Crippen molar-refractivity contribution >= 4 is 17.6 Å². The van der Waals surface area contributed by atoms with Gasteiger partial charge in [-0.3, -0.25) is 4.98 Å². The monoisotopic (exact) mass is 415 g/mol. The lowest BCUT2D eigenvalue weighted by Gasteiger charge is -2.27. The van der Waals surface area contributed by atoms with Gasteiger partial charge in [0.15, 0.2) is 5.54 Å². The molecule has 0 spiro atoms. The van der Waals surface area contributed by atoms with Crippen molar-refractivity contribution in [2.24, 2.45) is 5.73 Å². The molecule has 1 aromatic carbocycles. The van der Waals surface area contributed by atoms with Gasteiger partial charge in [0.2, 0.25) is 0 Å². The maximum Gasteiger partial charge on any atom is 0.334 e. The highest BCUT2D eigenvalue weighted by atomic mass is 35.5. The highest BCUT2D eigenvalue weighted by Crippen LogP contribution is 2.43. The number of carboxylic acid groups (broad SMARTS) is 1. The number of hydrogen-bond donors (Lipinski definition) is 3. The molecule has 7 heteroatoms. The number of aromatic nitrogens is 1. The van der Waals surface area contributed by atoms with E-state index in [2.05, 4.69) is 10.3 Å². The fourth-order valence-electron chi connectivity index (χ4n) is 3.91. The molecule has 1 aromatic heterocycles. The Balaban J connectivity index is 1.64. The number of hydrogen-bond acceptors (Lipinski definition) is 5. The summed E-state index contributed by atoms with van der Waals surface area (Å²) in [5.74, 6) is -0.706. The number of aliphatic carboxylic acids is 1. The van der Waals surface area contributed by atoms with E-state index in [0.717, 1.165) is 50.0 Å². The van der Waals surface area contributed by atoms with E-state index >= 15 is 0 Å². The van der Waals surface area contributed by atoms with Crippen molar-refractivity contribution in [1.82, 2.24) is 10.3 Å². The normalized spacial score (nSPS) is 19.7. The lowest BCUT2D eigenvalue weighted by molar-refractivity contribution is -0.142. The van der Waals surface area contributed by atoms with Crippen LogP contribution in [0.15, 0.2) is 36.5 Å². The summed E-state index contributed by atoms with van der Waals surface area (Å²) in [5, 5.41) is 14.0. The van der Waals surface area contributed by atoms with Crippen LogP contribution in [0.1, 0.15) is 54.0 Å². The maximum atomic E-state index is 12.2. The second-order valence-electron chi connectivity index (χ2n) is 7.93. The standard InChI is InChI=1S/C22H26ClN3O3/c23-17-3-1-2-16(10-17)22(24,21(27)28)20-11-19(14-4-5-14)15(13-26-20)12-25-18-6-8-29-9-7-18/h1-3,10-11,13-14,18,25H,4-9,12,24H2,(H,27,28). The van der Waals surface area contributed by atoms with Crippen molar-refractivity contribution in [3.05, 3.63) is 63.9 Å². The summed E-state index contributed by atoms with van der Waals surface area (Å²) < 4.78 is 5.42. The van der Waals surface area contributed by atoms with E-state index in [-0.39, 0.29) is 0 Å². The predicted molar refractivity (Wildman–Crippen MR) is 111 cm³/mol. The molecule has 1 aliphatic heterocycles. The molecule has 2 heterocycles. The number of ether oxygens (including phenoxy) is 1. The van der Waals surface area contributed by atoms with Crippen LogP contribution in [0.3, 0.4) is 0 Å². The van der Waals surface area contributed by atoms with Gasteiger partial charge in [0.25, 0.3) is 0 Å². The Morgan fingerprint density at radius 3 is 2.69 bits per heavy atom. The summed E-state index contributed by atoms with van der Waals surface area (Å²) in [5.41, 5.74) is 7.70. The number of rotatable bonds is 7. The molecule has 29 heavy (non-hydrogen) atoms. The zero-order valence-electron chi connectivity index (χ0n) is 16.2. The smallest absolute Gasteiger partial charge is 0.334 e. The van der Waals surface area contributed by atoms with Crippen LogP contribution in [0.5, 0.6) is 0 Å². The summed E-state index contributed by atoms with van der Waals surface area (Å²) in [4.78, 5) is 16.7. The van der Waals surface area contributed by atoms with Gasteiger partial charge in [-0.15, -0.1) is 0 Å². The van der Waals surface area contributed by atoms with Crippen molar-refractivity contribution in [2.45, 2.75) is 49.7 Å². The predicted octanol–water partition coefficient (Wildman–Crippen LogP) is 3.17. The van der Waals surface area contributed by atoms with Gasteiger partial charge in [0.05, 0.1) is 5.69 Å². The Hall–Kier alpha value is -1.99. The van der Waals surface area contributed by atoms with Crippen molar-refractivity contribution in [1.29, 1.82) is 0 Å². The first-order valence-corrected chi connectivity index (χ1v) is 10.4. The van der Waals surface area contributed by atoms with Crippen LogP contribution in [-0.2, 0) is 21.6 Å². The average molecular weight is 416 g/mol. The minimum Gasteiger partial charge on any atom is -0.479 e. The van der Waals surface area contributed by atoms with Crippen molar-refractivity contribution in [3.63, 3.8) is 0 Å². The number of nitrogens with one attached hydrogen (secondary N) is 1. The van der Waals surface area contributed by atoms with Crippen LogP contribution in [0.4, 0.5) is 0 Å². The molecule has 1 aliphatic carbocycles.